The molecule has 4 N–H and O–H groups in total. The second-order valence-electron chi connectivity index (χ2n) is 4.62. The lowest BCUT2D eigenvalue weighted by atomic mass is 10.1. The minimum atomic E-state index is -0.232. The van der Waals surface area contributed by atoms with Crippen LogP contribution in [0.4, 0.5) is 5.69 Å². The summed E-state index contributed by atoms with van der Waals surface area (Å²) in [4.78, 5) is 15.7. The summed E-state index contributed by atoms with van der Waals surface area (Å²) in [6, 6.07) is 3.28. The molecule has 0 radical (unpaired) electrons. The molecule has 0 unspecified atom stereocenters. The molecule has 106 valence electrons. The van der Waals surface area contributed by atoms with Gasteiger partial charge in [0.25, 0.3) is 5.91 Å². The molecule has 1 amide bonds. The third-order valence-electron chi connectivity index (χ3n) is 2.53. The lowest BCUT2D eigenvalue weighted by Crippen LogP contribution is -2.28. The molecule has 0 aliphatic heterocycles. The van der Waals surface area contributed by atoms with Crippen LogP contribution < -0.4 is 16.6 Å². The van der Waals surface area contributed by atoms with E-state index in [1.807, 2.05) is 0 Å². The van der Waals surface area contributed by atoms with Gasteiger partial charge in [-0.15, -0.1) is 0 Å². The van der Waals surface area contributed by atoms with Crippen molar-refractivity contribution in [3.05, 3.63) is 24.0 Å². The molecular formula is C13H22N4O2. The Morgan fingerprint density at radius 2 is 2.26 bits per heavy atom. The fourth-order valence-electron chi connectivity index (χ4n) is 1.39. The summed E-state index contributed by atoms with van der Waals surface area (Å²) < 4.78 is 5.41. The predicted octanol–water partition coefficient (Wildman–Crippen LogP) is 1.16. The maximum Gasteiger partial charge on any atom is 0.270 e. The SMILES string of the molecule is CC(C)CCOCCNC(=O)c1cc(NN)ccn1. The second-order valence-corrected chi connectivity index (χ2v) is 4.62. The molecule has 6 nitrogen and oxygen atoms in total. The number of ether oxygens (including phenoxy) is 1. The van der Waals surface area contributed by atoms with Crippen molar-refractivity contribution >= 4 is 11.6 Å². The molecule has 0 saturated carbocycles. The maximum absolute atomic E-state index is 11.8. The van der Waals surface area contributed by atoms with Gasteiger partial charge in [-0.25, -0.2) is 0 Å². The summed E-state index contributed by atoms with van der Waals surface area (Å²) in [5.41, 5.74) is 3.45. The first kappa shape index (κ1) is 15.4. The maximum atomic E-state index is 11.8. The summed E-state index contributed by atoms with van der Waals surface area (Å²) >= 11 is 0. The molecule has 0 fully saturated rings. The van der Waals surface area contributed by atoms with Gasteiger partial charge in [-0.05, 0) is 24.5 Å². The number of nitrogens with two attached hydrogens (primary N) is 1. The molecule has 0 aliphatic carbocycles. The van der Waals surface area contributed by atoms with Crippen LogP contribution in [0.3, 0.4) is 0 Å². The number of pyridine rings is 1. The van der Waals surface area contributed by atoms with Crippen LogP contribution in [-0.4, -0.2) is 30.6 Å². The van der Waals surface area contributed by atoms with Crippen LogP contribution in [0.5, 0.6) is 0 Å². The van der Waals surface area contributed by atoms with Crippen LogP contribution >= 0.6 is 0 Å². The normalized spacial score (nSPS) is 10.5. The standard InChI is InChI=1S/C13H22N4O2/c1-10(2)4-7-19-8-6-16-13(18)12-9-11(17-14)3-5-15-12/h3,5,9-10H,4,6-8,14H2,1-2H3,(H,15,17)(H,16,18). The van der Waals surface area contributed by atoms with Crippen molar-refractivity contribution in [2.75, 3.05) is 25.2 Å². The minimum absolute atomic E-state index is 0.232. The lowest BCUT2D eigenvalue weighted by molar-refractivity contribution is 0.0901. The molecule has 0 bridgehead atoms. The monoisotopic (exact) mass is 266 g/mol. The number of nitrogens with zero attached hydrogens (tertiary/aromatic N) is 1. The predicted molar refractivity (Wildman–Crippen MR) is 74.7 cm³/mol. The van der Waals surface area contributed by atoms with E-state index in [-0.39, 0.29) is 5.91 Å². The topological polar surface area (TPSA) is 89.3 Å². The van der Waals surface area contributed by atoms with Gasteiger partial charge in [0.05, 0.1) is 12.3 Å². The lowest BCUT2D eigenvalue weighted by Gasteiger charge is -2.08. The number of hydrogen-bond acceptors (Lipinski definition) is 5. The van der Waals surface area contributed by atoms with Gasteiger partial charge in [0.15, 0.2) is 0 Å². The van der Waals surface area contributed by atoms with Crippen molar-refractivity contribution in [2.24, 2.45) is 11.8 Å². The number of carbonyl (C=O) groups is 1. The van der Waals surface area contributed by atoms with Crippen LogP contribution in [0.2, 0.25) is 0 Å². The molecule has 0 atom stereocenters. The van der Waals surface area contributed by atoms with Crippen molar-refractivity contribution in [3.8, 4) is 0 Å². The van der Waals surface area contributed by atoms with Crippen LogP contribution in [0, 0.1) is 5.92 Å². The third kappa shape index (κ3) is 6.17. The third-order valence-corrected chi connectivity index (χ3v) is 2.53. The number of rotatable bonds is 8. The first-order valence-corrected chi connectivity index (χ1v) is 6.42. The van der Waals surface area contributed by atoms with Gasteiger partial charge in [0.1, 0.15) is 5.69 Å². The highest BCUT2D eigenvalue weighted by Gasteiger charge is 2.06. The van der Waals surface area contributed by atoms with Crippen LogP contribution in [0.25, 0.3) is 0 Å². The molecule has 6 heteroatoms. The Balaban J connectivity index is 2.23. The van der Waals surface area contributed by atoms with Gasteiger partial charge < -0.3 is 15.5 Å². The van der Waals surface area contributed by atoms with Gasteiger partial charge in [-0.3, -0.25) is 15.6 Å². The van der Waals surface area contributed by atoms with Gasteiger partial charge in [-0.1, -0.05) is 13.8 Å². The van der Waals surface area contributed by atoms with E-state index in [4.69, 9.17) is 10.6 Å². The molecule has 19 heavy (non-hydrogen) atoms. The van der Waals surface area contributed by atoms with Crippen LogP contribution in [-0.2, 0) is 4.74 Å². The summed E-state index contributed by atoms with van der Waals surface area (Å²) in [7, 11) is 0. The van der Waals surface area contributed by atoms with E-state index < -0.39 is 0 Å². The van der Waals surface area contributed by atoms with Crippen LogP contribution in [0.1, 0.15) is 30.8 Å². The quantitative estimate of drug-likeness (QED) is 0.373. The van der Waals surface area contributed by atoms with Gasteiger partial charge >= 0.3 is 0 Å². The van der Waals surface area contributed by atoms with E-state index in [1.165, 1.54) is 6.20 Å². The largest absolute Gasteiger partial charge is 0.380 e. The molecule has 1 aromatic rings. The Kier molecular flexibility index (Phi) is 6.84. The Hall–Kier alpha value is -1.66. The molecule has 1 heterocycles. The number of hydrazine groups is 1. The molecular weight excluding hydrogens is 244 g/mol. The molecule has 1 rings (SSSR count). The fourth-order valence-corrected chi connectivity index (χ4v) is 1.39. The highest BCUT2D eigenvalue weighted by atomic mass is 16.5. The minimum Gasteiger partial charge on any atom is -0.380 e. The Bertz CT molecular complexity index is 396. The Morgan fingerprint density at radius 1 is 1.47 bits per heavy atom. The average Bonchev–Trinajstić information content (AvgIpc) is 2.42. The van der Waals surface area contributed by atoms with Crippen molar-refractivity contribution < 1.29 is 9.53 Å². The zero-order valence-corrected chi connectivity index (χ0v) is 11.5. The Labute approximate surface area is 113 Å². The second kappa shape index (κ2) is 8.44. The summed E-state index contributed by atoms with van der Waals surface area (Å²) in [6.45, 7) is 6.00. The number of aromatic nitrogens is 1. The molecule has 0 spiro atoms. The summed E-state index contributed by atoms with van der Waals surface area (Å²) in [6.07, 6.45) is 2.56. The van der Waals surface area contributed by atoms with E-state index in [0.29, 0.717) is 30.5 Å². The summed E-state index contributed by atoms with van der Waals surface area (Å²) in [5.74, 6) is 5.67. The van der Waals surface area contributed by atoms with E-state index >= 15 is 0 Å². The molecule has 1 aromatic heterocycles. The number of carbonyl (C=O) groups excluding carboxylic acids is 1. The highest BCUT2D eigenvalue weighted by Crippen LogP contribution is 2.05. The smallest absolute Gasteiger partial charge is 0.270 e. The number of nitrogen functional groups attached to an aromatic ring is 1. The molecule has 0 aromatic carbocycles. The Morgan fingerprint density at radius 3 is 2.95 bits per heavy atom. The van der Waals surface area contributed by atoms with Gasteiger partial charge in [0.2, 0.25) is 0 Å². The zero-order chi connectivity index (χ0) is 14.1. The average molecular weight is 266 g/mol. The fraction of sp³-hybridized carbons (Fsp3) is 0.538. The van der Waals surface area contributed by atoms with Gasteiger partial charge in [-0.2, -0.15) is 0 Å². The van der Waals surface area contributed by atoms with Crippen molar-refractivity contribution in [1.29, 1.82) is 0 Å². The first-order chi connectivity index (χ1) is 9.13. The van der Waals surface area contributed by atoms with Crippen molar-refractivity contribution in [1.82, 2.24) is 10.3 Å². The van der Waals surface area contributed by atoms with E-state index in [9.17, 15) is 4.79 Å². The highest BCUT2D eigenvalue weighted by molar-refractivity contribution is 5.93. The molecule has 0 saturated heterocycles. The number of hydrogen-bond donors (Lipinski definition) is 3. The zero-order valence-electron chi connectivity index (χ0n) is 11.5. The number of nitrogens with one attached hydrogen (secondary N) is 2. The van der Waals surface area contributed by atoms with E-state index in [0.717, 1.165) is 13.0 Å². The van der Waals surface area contributed by atoms with Crippen LogP contribution in [0.15, 0.2) is 18.3 Å². The number of anilines is 1. The van der Waals surface area contributed by atoms with Crippen molar-refractivity contribution in [2.45, 2.75) is 20.3 Å². The molecule has 0 aliphatic rings. The summed E-state index contributed by atoms with van der Waals surface area (Å²) in [5, 5.41) is 2.74. The van der Waals surface area contributed by atoms with E-state index in [2.05, 4.69) is 29.6 Å². The first-order valence-electron chi connectivity index (χ1n) is 6.42. The van der Waals surface area contributed by atoms with Gasteiger partial charge in [0, 0.05) is 19.3 Å². The van der Waals surface area contributed by atoms with Crippen molar-refractivity contribution in [3.63, 3.8) is 0 Å². The number of amides is 1. The van der Waals surface area contributed by atoms with E-state index in [1.54, 1.807) is 12.1 Å².